The van der Waals surface area contributed by atoms with Gasteiger partial charge in [-0.2, -0.15) is 16.8 Å². The van der Waals surface area contributed by atoms with Gasteiger partial charge in [-0.1, -0.05) is 0 Å². The van der Waals surface area contributed by atoms with Gasteiger partial charge in [-0.15, -0.1) is 0 Å². The van der Waals surface area contributed by atoms with Crippen molar-refractivity contribution in [3.63, 3.8) is 0 Å². The molecule has 0 heterocycles. The summed E-state index contributed by atoms with van der Waals surface area (Å²) in [5, 5.41) is 9.66. The molecule has 2 aromatic carbocycles. The van der Waals surface area contributed by atoms with Crippen LogP contribution in [0.3, 0.4) is 0 Å². The van der Waals surface area contributed by atoms with Gasteiger partial charge in [0.25, 0.3) is 20.2 Å². The predicted molar refractivity (Wildman–Crippen MR) is 76.8 cm³/mol. The summed E-state index contributed by atoms with van der Waals surface area (Å²) in [7, 11) is -9.09. The molecular weight excluding hydrogens is 333 g/mol. The van der Waals surface area contributed by atoms with E-state index in [1.807, 2.05) is 0 Å². The molecule has 0 atom stereocenters. The summed E-state index contributed by atoms with van der Waals surface area (Å²) < 4.78 is 62.0. The van der Waals surface area contributed by atoms with E-state index in [1.165, 1.54) is 0 Å². The molecule has 21 heavy (non-hydrogen) atoms. The molecule has 0 bridgehead atoms. The Balaban J connectivity index is 0.00000220. The fourth-order valence-electron chi connectivity index (χ4n) is 1.72. The van der Waals surface area contributed by atoms with Gasteiger partial charge in [-0.25, -0.2) is 0 Å². The van der Waals surface area contributed by atoms with Crippen LogP contribution in [0.4, 0.5) is 5.69 Å². The molecule has 2 aromatic rings. The Morgan fingerprint density at radius 2 is 1.24 bits per heavy atom. The second kappa shape index (κ2) is 5.72. The Kier molecular flexibility index (Phi) is 4.95. The van der Waals surface area contributed by atoms with E-state index < -0.39 is 35.8 Å². The third-order valence-corrected chi connectivity index (χ3v) is 4.29. The van der Waals surface area contributed by atoms with Crippen molar-refractivity contribution in [3.8, 4) is 5.75 Å². The summed E-state index contributed by atoms with van der Waals surface area (Å²) in [5.41, 5.74) is 5.39. The molecule has 0 unspecified atom stereocenters. The number of nitrogen functional groups attached to an aromatic ring is 1. The summed E-state index contributed by atoms with van der Waals surface area (Å²) in [4.78, 5) is -1.13. The molecule has 0 aromatic heterocycles. The molecule has 0 aliphatic carbocycles. The first-order valence-electron chi connectivity index (χ1n) is 5.01. The Bertz CT molecular complexity index is 845. The third kappa shape index (κ3) is 3.66. The summed E-state index contributed by atoms with van der Waals surface area (Å²) in [6.45, 7) is 0. The monoisotopic (exact) mass is 343 g/mol. The molecule has 0 saturated heterocycles. The van der Waals surface area contributed by atoms with Crippen LogP contribution < -0.4 is 5.73 Å². The normalized spacial score (nSPS) is 12.1. The zero-order chi connectivity index (χ0) is 15.3. The van der Waals surface area contributed by atoms with Crippen LogP contribution in [-0.2, 0) is 20.2 Å². The van der Waals surface area contributed by atoms with Crippen molar-refractivity contribution in [2.75, 3.05) is 5.73 Å². The van der Waals surface area contributed by atoms with Crippen molar-refractivity contribution in [3.05, 3.63) is 24.3 Å². The van der Waals surface area contributed by atoms with Gasteiger partial charge in [0.05, 0.1) is 9.79 Å². The van der Waals surface area contributed by atoms with Crippen LogP contribution in [0.1, 0.15) is 0 Å². The Labute approximate surface area is 142 Å². The third-order valence-electron chi connectivity index (χ3n) is 2.62. The summed E-state index contributed by atoms with van der Waals surface area (Å²) in [6.07, 6.45) is 0. The molecule has 110 valence electrons. The second-order valence-electron chi connectivity index (χ2n) is 4.00. The number of hydrogen-bond acceptors (Lipinski definition) is 6. The minimum atomic E-state index is -4.56. The number of fused-ring (bicyclic) bond motifs is 1. The minimum absolute atomic E-state index is 0. The fourth-order valence-corrected chi connectivity index (χ4v) is 2.79. The van der Waals surface area contributed by atoms with Gasteiger partial charge in [0.2, 0.25) is 0 Å². The van der Waals surface area contributed by atoms with Gasteiger partial charge in [0.15, 0.2) is 0 Å². The van der Waals surface area contributed by atoms with Crippen molar-refractivity contribution < 1.29 is 31.0 Å². The van der Waals surface area contributed by atoms with E-state index in [4.69, 9.17) is 14.8 Å². The molecule has 0 spiro atoms. The van der Waals surface area contributed by atoms with E-state index in [9.17, 15) is 21.9 Å². The number of phenolic OH excluding ortho intramolecular Hbond substituents is 1. The van der Waals surface area contributed by atoms with E-state index in [2.05, 4.69) is 0 Å². The van der Waals surface area contributed by atoms with Crippen LogP contribution >= 0.6 is 0 Å². The first-order valence-corrected chi connectivity index (χ1v) is 7.89. The molecule has 0 aliphatic rings. The van der Waals surface area contributed by atoms with Crippen LogP contribution in [0.2, 0.25) is 0 Å². The van der Waals surface area contributed by atoms with Crippen molar-refractivity contribution in [2.45, 2.75) is 9.79 Å². The van der Waals surface area contributed by atoms with Crippen molar-refractivity contribution in [1.82, 2.24) is 0 Å². The molecule has 0 amide bonds. The van der Waals surface area contributed by atoms with Crippen molar-refractivity contribution >= 4 is 66.3 Å². The van der Waals surface area contributed by atoms with Gasteiger partial charge >= 0.3 is 29.6 Å². The van der Waals surface area contributed by atoms with Gasteiger partial charge in [-0.3, -0.25) is 9.11 Å². The maximum atomic E-state index is 11.0. The number of rotatable bonds is 2. The van der Waals surface area contributed by atoms with E-state index in [0.717, 1.165) is 24.3 Å². The SMILES string of the molecule is Nc1cc(S(=O)(=O)O)cc2c(O)cc(S(=O)(=O)O)cc12.[NaH]. The predicted octanol–water partition coefficient (Wildman–Crippen LogP) is -0.0275. The molecule has 2 rings (SSSR count). The molecule has 11 heteroatoms. The van der Waals surface area contributed by atoms with Crippen LogP contribution in [0.15, 0.2) is 34.1 Å². The fraction of sp³-hybridized carbons (Fsp3) is 0. The van der Waals surface area contributed by atoms with E-state index >= 15 is 0 Å². The Morgan fingerprint density at radius 3 is 1.71 bits per heavy atom. The van der Waals surface area contributed by atoms with Crippen LogP contribution in [-0.4, -0.2) is 60.6 Å². The Hall–Kier alpha value is -0.880. The second-order valence-corrected chi connectivity index (χ2v) is 6.84. The molecule has 8 nitrogen and oxygen atoms in total. The standard InChI is InChI=1S/C10H9NO7S2.Na.H/c11-9-3-5(19(13,14)15)2-8-7(9)1-6(4-10(8)12)20(16,17)18;;/h1-4,12H,11H2,(H,13,14,15)(H,16,17,18);;. The average molecular weight is 343 g/mol. The summed E-state index contributed by atoms with van der Waals surface area (Å²) >= 11 is 0. The van der Waals surface area contributed by atoms with Crippen LogP contribution in [0.25, 0.3) is 10.8 Å². The van der Waals surface area contributed by atoms with Gasteiger partial charge in [0.1, 0.15) is 5.75 Å². The first kappa shape index (κ1) is 18.2. The molecule has 0 radical (unpaired) electrons. The zero-order valence-corrected chi connectivity index (χ0v) is 11.3. The van der Waals surface area contributed by atoms with E-state index in [0.29, 0.717) is 0 Å². The number of aromatic hydroxyl groups is 1. The quantitative estimate of drug-likeness (QED) is 0.337. The van der Waals surface area contributed by atoms with Crippen LogP contribution in [0.5, 0.6) is 5.75 Å². The molecular formula is C10H10NNaO7S2. The molecule has 5 N–H and O–H groups in total. The average Bonchev–Trinajstić information content (AvgIpc) is 2.27. The Morgan fingerprint density at radius 1 is 0.810 bits per heavy atom. The van der Waals surface area contributed by atoms with Gasteiger partial charge in [-0.05, 0) is 18.2 Å². The summed E-state index contributed by atoms with van der Waals surface area (Å²) in [6, 6.07) is 3.56. The molecule has 0 aliphatic heterocycles. The number of nitrogens with two attached hydrogens (primary N) is 1. The van der Waals surface area contributed by atoms with Crippen molar-refractivity contribution in [1.29, 1.82) is 0 Å². The number of phenols is 1. The van der Waals surface area contributed by atoms with E-state index in [1.54, 1.807) is 0 Å². The topological polar surface area (TPSA) is 155 Å². The zero-order valence-electron chi connectivity index (χ0n) is 9.68. The van der Waals surface area contributed by atoms with Crippen LogP contribution in [0, 0.1) is 0 Å². The summed E-state index contributed by atoms with van der Waals surface area (Å²) in [5.74, 6) is -0.604. The number of anilines is 1. The van der Waals surface area contributed by atoms with Crippen molar-refractivity contribution in [2.24, 2.45) is 0 Å². The maximum absolute atomic E-state index is 11.0. The van der Waals surface area contributed by atoms with Gasteiger partial charge < -0.3 is 10.8 Å². The first-order chi connectivity index (χ1) is 9.00. The number of benzene rings is 2. The number of hydrogen-bond donors (Lipinski definition) is 4. The molecule has 0 saturated carbocycles. The van der Waals surface area contributed by atoms with Gasteiger partial charge in [0, 0.05) is 22.5 Å². The molecule has 0 fully saturated rings. The van der Waals surface area contributed by atoms with E-state index in [-0.39, 0.29) is 46.0 Å².